The fourth-order valence-electron chi connectivity index (χ4n) is 2.72. The highest BCUT2D eigenvalue weighted by Crippen LogP contribution is 2.13. The molecule has 1 aromatic carbocycles. The fraction of sp³-hybridized carbons (Fsp3) is 0.412. The van der Waals surface area contributed by atoms with Crippen molar-refractivity contribution in [1.29, 1.82) is 0 Å². The van der Waals surface area contributed by atoms with Crippen LogP contribution in [0.1, 0.15) is 28.8 Å². The first-order valence-electron chi connectivity index (χ1n) is 7.75. The van der Waals surface area contributed by atoms with E-state index in [1.807, 2.05) is 35.0 Å². The predicted octanol–water partition coefficient (Wildman–Crippen LogP) is 2.66. The van der Waals surface area contributed by atoms with Crippen molar-refractivity contribution in [3.05, 3.63) is 53.9 Å². The van der Waals surface area contributed by atoms with Gasteiger partial charge in [-0.05, 0) is 37.4 Å². The molecular formula is C17H22ClN3O2. The van der Waals surface area contributed by atoms with Gasteiger partial charge in [0.2, 0.25) is 0 Å². The standard InChI is InChI=1S/C17H21N3O2.ClH/c21-17(22-13-14-5-2-1-3-6-14)16-10-19-20(12-16)11-15-7-4-8-18-9-15;/h1-3,5-6,10,12,15,18H,4,7-9,11,13H2;1H. The van der Waals surface area contributed by atoms with Gasteiger partial charge in [0.25, 0.3) is 0 Å². The fourth-order valence-corrected chi connectivity index (χ4v) is 2.72. The zero-order valence-electron chi connectivity index (χ0n) is 13.0. The maximum absolute atomic E-state index is 12.0. The van der Waals surface area contributed by atoms with Crippen molar-refractivity contribution in [1.82, 2.24) is 15.1 Å². The largest absolute Gasteiger partial charge is 0.457 e. The van der Waals surface area contributed by atoms with E-state index in [0.717, 1.165) is 25.2 Å². The minimum Gasteiger partial charge on any atom is -0.457 e. The quantitative estimate of drug-likeness (QED) is 0.853. The van der Waals surface area contributed by atoms with E-state index in [9.17, 15) is 4.79 Å². The summed E-state index contributed by atoms with van der Waals surface area (Å²) >= 11 is 0. The van der Waals surface area contributed by atoms with Crippen LogP contribution in [0, 0.1) is 5.92 Å². The number of halogens is 1. The van der Waals surface area contributed by atoms with E-state index < -0.39 is 0 Å². The smallest absolute Gasteiger partial charge is 0.341 e. The lowest BCUT2D eigenvalue weighted by atomic mass is 10.00. The Morgan fingerprint density at radius 1 is 1.35 bits per heavy atom. The van der Waals surface area contributed by atoms with Crippen LogP contribution < -0.4 is 5.32 Å². The third-order valence-electron chi connectivity index (χ3n) is 3.93. The number of esters is 1. The van der Waals surface area contributed by atoms with Crippen LogP contribution in [0.3, 0.4) is 0 Å². The molecule has 0 amide bonds. The van der Waals surface area contributed by atoms with E-state index in [0.29, 0.717) is 11.5 Å². The summed E-state index contributed by atoms with van der Waals surface area (Å²) in [6.45, 7) is 3.26. The number of nitrogens with one attached hydrogen (secondary N) is 1. The lowest BCUT2D eigenvalue weighted by molar-refractivity contribution is 0.0472. The second kappa shape index (κ2) is 8.70. The van der Waals surface area contributed by atoms with Crippen molar-refractivity contribution < 1.29 is 9.53 Å². The van der Waals surface area contributed by atoms with E-state index in [1.165, 1.54) is 12.8 Å². The van der Waals surface area contributed by atoms with Gasteiger partial charge in [0.15, 0.2) is 0 Å². The molecule has 2 aromatic rings. The molecule has 3 rings (SSSR count). The van der Waals surface area contributed by atoms with Crippen molar-refractivity contribution in [3.8, 4) is 0 Å². The van der Waals surface area contributed by atoms with Crippen LogP contribution in [0.4, 0.5) is 0 Å². The number of carbonyl (C=O) groups excluding carboxylic acids is 1. The Kier molecular flexibility index (Phi) is 6.62. The van der Waals surface area contributed by atoms with Gasteiger partial charge in [-0.2, -0.15) is 5.10 Å². The topological polar surface area (TPSA) is 56.1 Å². The number of nitrogens with zero attached hydrogens (tertiary/aromatic N) is 2. The number of hydrogen-bond acceptors (Lipinski definition) is 4. The van der Waals surface area contributed by atoms with Crippen molar-refractivity contribution in [2.75, 3.05) is 13.1 Å². The van der Waals surface area contributed by atoms with Crippen LogP contribution >= 0.6 is 12.4 Å². The van der Waals surface area contributed by atoms with Gasteiger partial charge in [0.1, 0.15) is 6.61 Å². The molecule has 1 atom stereocenters. The monoisotopic (exact) mass is 335 g/mol. The highest BCUT2D eigenvalue weighted by Gasteiger charge is 2.16. The molecule has 2 heterocycles. The van der Waals surface area contributed by atoms with E-state index in [-0.39, 0.29) is 25.0 Å². The number of benzene rings is 1. The molecular weight excluding hydrogens is 314 g/mol. The number of carbonyl (C=O) groups is 1. The lowest BCUT2D eigenvalue weighted by Crippen LogP contribution is -2.32. The van der Waals surface area contributed by atoms with Crippen LogP contribution in [-0.2, 0) is 17.9 Å². The van der Waals surface area contributed by atoms with Crippen molar-refractivity contribution in [3.63, 3.8) is 0 Å². The second-order valence-electron chi connectivity index (χ2n) is 5.73. The molecule has 6 heteroatoms. The molecule has 1 aromatic heterocycles. The summed E-state index contributed by atoms with van der Waals surface area (Å²) in [6, 6.07) is 9.67. The summed E-state index contributed by atoms with van der Waals surface area (Å²) in [5.74, 6) is 0.263. The molecule has 0 spiro atoms. The molecule has 124 valence electrons. The summed E-state index contributed by atoms with van der Waals surface area (Å²) in [6.07, 6.45) is 5.78. The van der Waals surface area contributed by atoms with Crippen molar-refractivity contribution >= 4 is 18.4 Å². The summed E-state index contributed by atoms with van der Waals surface area (Å²) in [4.78, 5) is 12.0. The van der Waals surface area contributed by atoms with Gasteiger partial charge in [0.05, 0.1) is 11.8 Å². The van der Waals surface area contributed by atoms with Gasteiger partial charge in [-0.15, -0.1) is 12.4 Å². The van der Waals surface area contributed by atoms with E-state index in [4.69, 9.17) is 4.74 Å². The molecule has 23 heavy (non-hydrogen) atoms. The van der Waals surface area contributed by atoms with Gasteiger partial charge in [0, 0.05) is 12.7 Å². The molecule has 0 radical (unpaired) electrons. The SMILES string of the molecule is Cl.O=C(OCc1ccccc1)c1cnn(CC2CCCNC2)c1. The summed E-state index contributed by atoms with van der Waals surface area (Å²) in [7, 11) is 0. The minimum atomic E-state index is -0.322. The second-order valence-corrected chi connectivity index (χ2v) is 5.73. The van der Waals surface area contributed by atoms with Crippen molar-refractivity contribution in [2.45, 2.75) is 26.0 Å². The average molecular weight is 336 g/mol. The van der Waals surface area contributed by atoms with E-state index in [2.05, 4.69) is 10.4 Å². The van der Waals surface area contributed by atoms with Crippen LogP contribution in [0.5, 0.6) is 0 Å². The molecule has 0 saturated carbocycles. The molecule has 1 N–H and O–H groups in total. The van der Waals surface area contributed by atoms with Gasteiger partial charge >= 0.3 is 5.97 Å². The van der Waals surface area contributed by atoms with Gasteiger partial charge in [-0.3, -0.25) is 4.68 Å². The number of ether oxygens (including phenoxy) is 1. The molecule has 1 unspecified atom stereocenters. The average Bonchev–Trinajstić information content (AvgIpc) is 3.03. The number of rotatable bonds is 5. The Morgan fingerprint density at radius 2 is 2.17 bits per heavy atom. The van der Waals surface area contributed by atoms with Gasteiger partial charge < -0.3 is 10.1 Å². The molecule has 1 saturated heterocycles. The van der Waals surface area contributed by atoms with E-state index >= 15 is 0 Å². The minimum absolute atomic E-state index is 0. The Bertz CT molecular complexity index is 609. The Balaban J connectivity index is 0.00000192. The van der Waals surface area contributed by atoms with Crippen molar-refractivity contribution in [2.24, 2.45) is 5.92 Å². The molecule has 0 bridgehead atoms. The van der Waals surface area contributed by atoms with Crippen LogP contribution in [0.2, 0.25) is 0 Å². The van der Waals surface area contributed by atoms with E-state index in [1.54, 1.807) is 12.4 Å². The summed E-state index contributed by atoms with van der Waals surface area (Å²) < 4.78 is 7.16. The molecule has 1 fully saturated rings. The Labute approximate surface area is 142 Å². The normalized spacial score (nSPS) is 17.3. The zero-order chi connectivity index (χ0) is 15.2. The van der Waals surface area contributed by atoms with Crippen LogP contribution in [0.15, 0.2) is 42.7 Å². The first-order valence-corrected chi connectivity index (χ1v) is 7.75. The first-order chi connectivity index (χ1) is 10.8. The lowest BCUT2D eigenvalue weighted by Gasteiger charge is -2.22. The number of hydrogen-bond donors (Lipinski definition) is 1. The van der Waals surface area contributed by atoms with Crippen LogP contribution in [0.25, 0.3) is 0 Å². The highest BCUT2D eigenvalue weighted by molar-refractivity contribution is 5.88. The third-order valence-corrected chi connectivity index (χ3v) is 3.93. The third kappa shape index (κ3) is 5.08. The first kappa shape index (κ1) is 17.5. The Hall–Kier alpha value is -1.85. The molecule has 1 aliphatic rings. The highest BCUT2D eigenvalue weighted by atomic mass is 35.5. The molecule has 5 nitrogen and oxygen atoms in total. The maximum Gasteiger partial charge on any atom is 0.341 e. The summed E-state index contributed by atoms with van der Waals surface area (Å²) in [5, 5.41) is 7.66. The van der Waals surface area contributed by atoms with Gasteiger partial charge in [-0.1, -0.05) is 30.3 Å². The molecule has 0 aliphatic carbocycles. The number of aromatic nitrogens is 2. The Morgan fingerprint density at radius 3 is 2.91 bits per heavy atom. The van der Waals surface area contributed by atoms with Gasteiger partial charge in [-0.25, -0.2) is 4.79 Å². The number of piperidine rings is 1. The zero-order valence-corrected chi connectivity index (χ0v) is 13.8. The predicted molar refractivity (Wildman–Crippen MR) is 90.6 cm³/mol. The van der Waals surface area contributed by atoms with Crippen LogP contribution in [-0.4, -0.2) is 28.8 Å². The summed E-state index contributed by atoms with van der Waals surface area (Å²) in [5.41, 5.74) is 1.50. The maximum atomic E-state index is 12.0. The molecule has 1 aliphatic heterocycles.